The lowest BCUT2D eigenvalue weighted by Crippen LogP contribution is -2.62. The number of aliphatic imine (C=N–C) groups is 2. The lowest BCUT2D eigenvalue weighted by Gasteiger charge is -2.29. The van der Waals surface area contributed by atoms with Gasteiger partial charge in [0.2, 0.25) is 41.4 Å². The van der Waals surface area contributed by atoms with Crippen LogP contribution >= 0.6 is 0 Å². The molecule has 9 atom stereocenters. The van der Waals surface area contributed by atoms with Gasteiger partial charge in [-0.25, -0.2) is 9.78 Å². The van der Waals surface area contributed by atoms with Gasteiger partial charge in [0.25, 0.3) is 0 Å². The van der Waals surface area contributed by atoms with Gasteiger partial charge in [-0.1, -0.05) is 13.8 Å². The van der Waals surface area contributed by atoms with Crippen molar-refractivity contribution >= 4 is 71.2 Å². The number of aromatic nitrogens is 2. The maximum absolute atomic E-state index is 13.9. The summed E-state index contributed by atoms with van der Waals surface area (Å²) in [7, 11) is 0. The first kappa shape index (κ1) is 61.3. The van der Waals surface area contributed by atoms with Crippen LogP contribution in [0.15, 0.2) is 22.5 Å². The van der Waals surface area contributed by atoms with Crippen molar-refractivity contribution in [1.29, 1.82) is 0 Å². The van der Waals surface area contributed by atoms with E-state index in [0.717, 1.165) is 6.92 Å². The van der Waals surface area contributed by atoms with Crippen LogP contribution in [0.25, 0.3) is 0 Å². The van der Waals surface area contributed by atoms with E-state index in [0.29, 0.717) is 5.69 Å². The number of nitrogens with zero attached hydrogens (tertiary/aromatic N) is 3. The van der Waals surface area contributed by atoms with Gasteiger partial charge in [-0.15, -0.1) is 0 Å². The molecule has 0 aromatic carbocycles. The second-order valence-corrected chi connectivity index (χ2v) is 16.6. The molecule has 0 aliphatic carbocycles. The van der Waals surface area contributed by atoms with Crippen LogP contribution in [0.5, 0.6) is 0 Å². The number of imidazole rings is 1. The summed E-state index contributed by atoms with van der Waals surface area (Å²) in [5, 5.41) is 65.2. The Morgan fingerprint density at radius 2 is 1.10 bits per heavy atom. The van der Waals surface area contributed by atoms with E-state index in [1.807, 2.05) is 0 Å². The molecule has 0 fully saturated rings. The Morgan fingerprint density at radius 3 is 1.59 bits per heavy atom. The normalized spacial score (nSPS) is 14.7. The highest BCUT2D eigenvalue weighted by molar-refractivity contribution is 5.98. The predicted octanol–water partition coefficient (Wildman–Crippen LogP) is -7.38. The Hall–Kier alpha value is -7.67. The smallest absolute Gasteiger partial charge is 0.326 e. The summed E-state index contributed by atoms with van der Waals surface area (Å²) in [4.78, 5) is 144. The number of carboxylic acids is 3. The molecule has 0 unspecified atom stereocenters. The van der Waals surface area contributed by atoms with Gasteiger partial charge < -0.3 is 96.4 Å². The summed E-state index contributed by atoms with van der Waals surface area (Å²) in [6, 6.07) is -13.2. The first-order chi connectivity index (χ1) is 33.2. The monoisotopic (exact) mass is 1010 g/mol. The molecule has 0 radical (unpaired) electrons. The van der Waals surface area contributed by atoms with Gasteiger partial charge in [0.1, 0.15) is 42.3 Å². The number of carbonyl (C=O) groups is 10. The molecular formula is C40H68N16O15. The summed E-state index contributed by atoms with van der Waals surface area (Å²) in [6.07, 6.45) is -1.75. The van der Waals surface area contributed by atoms with Crippen molar-refractivity contribution < 1.29 is 73.5 Å². The molecule has 7 amide bonds. The lowest BCUT2D eigenvalue weighted by molar-refractivity contribution is -0.142. The number of carboxylic acid groups (broad SMARTS) is 3. The van der Waals surface area contributed by atoms with E-state index in [9.17, 15) is 73.5 Å². The summed E-state index contributed by atoms with van der Waals surface area (Å²) >= 11 is 0. The second kappa shape index (κ2) is 31.5. The largest absolute Gasteiger partial charge is 0.481 e. The third-order valence-electron chi connectivity index (χ3n) is 9.99. The minimum atomic E-state index is -2.00. The Balaban J connectivity index is 3.36. The number of H-pyrrole nitrogens is 1. The molecule has 1 rings (SSSR count). The predicted molar refractivity (Wildman–Crippen MR) is 249 cm³/mol. The number of aromatic amines is 1. The number of nitrogens with one attached hydrogen (secondary N) is 8. The molecule has 0 bridgehead atoms. The number of aliphatic hydroxyl groups is 2. The first-order valence-corrected chi connectivity index (χ1v) is 22.2. The van der Waals surface area contributed by atoms with Gasteiger partial charge in [-0.3, -0.25) is 53.1 Å². The highest BCUT2D eigenvalue weighted by atomic mass is 16.4. The second-order valence-electron chi connectivity index (χ2n) is 16.6. The molecule has 0 aliphatic heterocycles. The van der Waals surface area contributed by atoms with Crippen molar-refractivity contribution in [3.05, 3.63) is 18.2 Å². The van der Waals surface area contributed by atoms with E-state index in [1.54, 1.807) is 13.8 Å². The maximum Gasteiger partial charge on any atom is 0.326 e. The standard InChI is InChI=1S/C40H68N16O15/c1-18(2)12-24(35(67)56-30(19(3)58)37(69)51-22(7-5-11-48-40(44)45)32(64)54-26(38(70)71)13-20-15-46-17-49-20)52-33(65)23(8-9-28(59)60)50-34(66)25(14-29(61)62)53-36(68)27(16-57)55-31(63)21(41)6-4-10-47-39(42)43/h15,17-19,21-27,30,57-58H,4-14,16,41H2,1-3H3,(H,46,49)(H,50,66)(H,51,69)(H,52,65)(H,53,68)(H,54,64)(H,55,63)(H,56,67)(H,59,60)(H,61,62)(H,70,71)(H4,42,43,47)(H4,44,45,48)/t19-,21+,22+,23+,24+,25+,26+,27+,30+/m1/s1. The molecule has 0 saturated heterocycles. The van der Waals surface area contributed by atoms with Crippen molar-refractivity contribution in [2.75, 3.05) is 19.7 Å². The number of carbonyl (C=O) groups excluding carboxylic acids is 7. The van der Waals surface area contributed by atoms with Crippen LogP contribution in [0.1, 0.15) is 77.8 Å². The van der Waals surface area contributed by atoms with Crippen LogP contribution in [-0.2, 0) is 54.4 Å². The summed E-state index contributed by atoms with van der Waals surface area (Å²) in [5.41, 5.74) is 27.5. The van der Waals surface area contributed by atoms with Gasteiger partial charge in [-0.05, 0) is 51.4 Å². The number of rotatable bonds is 34. The van der Waals surface area contributed by atoms with Gasteiger partial charge in [0.05, 0.1) is 31.5 Å². The summed E-state index contributed by atoms with van der Waals surface area (Å²) < 4.78 is 0. The van der Waals surface area contributed by atoms with Gasteiger partial charge in [0, 0.05) is 37.8 Å². The minimum absolute atomic E-state index is 0.0150. The minimum Gasteiger partial charge on any atom is -0.481 e. The first-order valence-electron chi connectivity index (χ1n) is 22.2. The van der Waals surface area contributed by atoms with Crippen molar-refractivity contribution in [3.8, 4) is 0 Å². The Labute approximate surface area is 406 Å². The number of aliphatic carboxylic acids is 3. The summed E-state index contributed by atoms with van der Waals surface area (Å²) in [5.74, 6) is -13.2. The van der Waals surface area contributed by atoms with E-state index in [-0.39, 0.29) is 69.5 Å². The number of guanidine groups is 2. The summed E-state index contributed by atoms with van der Waals surface area (Å²) in [6.45, 7) is 3.47. The lowest BCUT2D eigenvalue weighted by atomic mass is 10.0. The third-order valence-corrected chi connectivity index (χ3v) is 9.99. The third kappa shape index (κ3) is 24.4. The molecule has 398 valence electrons. The molecular weight excluding hydrogens is 945 g/mol. The molecule has 23 N–H and O–H groups in total. The van der Waals surface area contributed by atoms with E-state index in [1.165, 1.54) is 12.5 Å². The highest BCUT2D eigenvalue weighted by Crippen LogP contribution is 2.11. The van der Waals surface area contributed by atoms with E-state index in [2.05, 4.69) is 57.2 Å². The zero-order valence-electron chi connectivity index (χ0n) is 39.5. The average molecular weight is 1010 g/mol. The molecule has 31 nitrogen and oxygen atoms in total. The Kier molecular flexibility index (Phi) is 27.2. The molecule has 0 saturated carbocycles. The molecule has 31 heteroatoms. The number of nitrogens with two attached hydrogens (primary N) is 5. The van der Waals surface area contributed by atoms with Crippen LogP contribution < -0.4 is 65.9 Å². The Morgan fingerprint density at radius 1 is 0.620 bits per heavy atom. The van der Waals surface area contributed by atoms with Gasteiger partial charge >= 0.3 is 17.9 Å². The fourth-order valence-electron chi connectivity index (χ4n) is 6.35. The molecule has 1 aromatic heterocycles. The molecule has 0 aliphatic rings. The zero-order chi connectivity index (χ0) is 54.0. The van der Waals surface area contributed by atoms with Crippen molar-refractivity contribution in [2.45, 2.75) is 133 Å². The number of hydrogen-bond donors (Lipinski definition) is 18. The average Bonchev–Trinajstić information content (AvgIpc) is 3.79. The van der Waals surface area contributed by atoms with Gasteiger partial charge in [0.15, 0.2) is 11.9 Å². The fraction of sp³-hybridized carbons (Fsp3) is 0.625. The van der Waals surface area contributed by atoms with Crippen molar-refractivity contribution in [2.24, 2.45) is 44.6 Å². The molecule has 0 spiro atoms. The zero-order valence-corrected chi connectivity index (χ0v) is 39.5. The number of amides is 7. The fourth-order valence-corrected chi connectivity index (χ4v) is 6.35. The molecule has 1 aromatic rings. The van der Waals surface area contributed by atoms with E-state index >= 15 is 0 Å². The molecule has 71 heavy (non-hydrogen) atoms. The van der Waals surface area contributed by atoms with Crippen molar-refractivity contribution in [3.63, 3.8) is 0 Å². The SMILES string of the molecule is CC(C)C[C@H](NC(=O)[C@H](CCC(=O)O)NC(=O)[C@H](CC(=O)O)NC(=O)[C@H](CO)NC(=O)[C@@H](N)CCCN=C(N)N)C(=O)N[C@H](C(=O)N[C@@H](CCCN=C(N)N)C(=O)N[C@@H](Cc1cnc[nH]1)C(=O)O)[C@@H](C)O. The van der Waals surface area contributed by atoms with E-state index in [4.69, 9.17) is 28.7 Å². The van der Waals surface area contributed by atoms with Crippen LogP contribution in [0.4, 0.5) is 0 Å². The van der Waals surface area contributed by atoms with Crippen LogP contribution in [-0.4, -0.2) is 181 Å². The maximum atomic E-state index is 13.9. The molecule has 1 heterocycles. The highest BCUT2D eigenvalue weighted by Gasteiger charge is 2.36. The Bertz CT molecular complexity index is 2030. The quantitative estimate of drug-likeness (QED) is 0.0173. The number of hydrogen-bond acceptors (Lipinski definition) is 16. The van der Waals surface area contributed by atoms with Crippen LogP contribution in [0.2, 0.25) is 0 Å². The number of aliphatic hydroxyl groups excluding tert-OH is 2. The van der Waals surface area contributed by atoms with Crippen molar-refractivity contribution in [1.82, 2.24) is 47.2 Å². The topological polar surface area (TPSA) is 540 Å². The van der Waals surface area contributed by atoms with E-state index < -0.39 is 140 Å². The van der Waals surface area contributed by atoms with Crippen LogP contribution in [0.3, 0.4) is 0 Å². The van der Waals surface area contributed by atoms with Gasteiger partial charge in [-0.2, -0.15) is 0 Å². The van der Waals surface area contributed by atoms with Crippen LogP contribution in [0, 0.1) is 5.92 Å².